The zero-order chi connectivity index (χ0) is 6.53. The summed E-state index contributed by atoms with van der Waals surface area (Å²) >= 11 is 7.13. The second-order valence-corrected chi connectivity index (χ2v) is 4.08. The lowest BCUT2D eigenvalue weighted by molar-refractivity contribution is 0.746. The first kappa shape index (κ1) is 7.55. The van der Waals surface area contributed by atoms with Crippen molar-refractivity contribution in [3.05, 3.63) is 0 Å². The molecule has 0 unspecified atom stereocenters. The van der Waals surface area contributed by atoms with Crippen molar-refractivity contribution < 1.29 is 0 Å². The van der Waals surface area contributed by atoms with Crippen LogP contribution in [0.3, 0.4) is 0 Å². The van der Waals surface area contributed by atoms with E-state index in [9.17, 15) is 0 Å². The van der Waals surface area contributed by atoms with Gasteiger partial charge in [0.2, 0.25) is 0 Å². The van der Waals surface area contributed by atoms with Gasteiger partial charge in [0, 0.05) is 10.6 Å². The topological polar surface area (TPSA) is 0 Å². The van der Waals surface area contributed by atoms with Gasteiger partial charge in [0.1, 0.15) is 0 Å². The summed E-state index contributed by atoms with van der Waals surface area (Å²) in [6, 6.07) is 0. The number of rotatable bonds is 0. The van der Waals surface area contributed by atoms with Crippen molar-refractivity contribution in [1.29, 1.82) is 0 Å². The van der Waals surface area contributed by atoms with Gasteiger partial charge < -0.3 is 0 Å². The maximum absolute atomic E-state index is 5.13. The highest BCUT2D eigenvalue weighted by molar-refractivity contribution is 8.01. The summed E-state index contributed by atoms with van der Waals surface area (Å²) in [5.74, 6) is 2.45. The minimum atomic E-state index is 1.13. The van der Waals surface area contributed by atoms with Crippen LogP contribution in [0.25, 0.3) is 0 Å². The third-order valence-electron chi connectivity index (χ3n) is 1.51. The lowest BCUT2D eigenvalue weighted by atomic mass is 10.2. The Bertz CT molecular complexity index is 89.1. The van der Waals surface area contributed by atoms with Gasteiger partial charge in [-0.3, -0.25) is 0 Å². The van der Waals surface area contributed by atoms with Crippen LogP contribution in [0, 0.1) is 0 Å². The summed E-state index contributed by atoms with van der Waals surface area (Å²) in [7, 11) is 0. The highest BCUT2D eigenvalue weighted by Crippen LogP contribution is 2.14. The lowest BCUT2D eigenvalue weighted by Gasteiger charge is -2.07. The van der Waals surface area contributed by atoms with Crippen LogP contribution >= 0.6 is 24.0 Å². The third kappa shape index (κ3) is 3.21. The average Bonchev–Trinajstić information content (AvgIpc) is 1.79. The normalized spacial score (nSPS) is 22.9. The Morgan fingerprint density at radius 1 is 1.22 bits per heavy atom. The first-order valence-corrected chi connectivity index (χ1v) is 5.05. The van der Waals surface area contributed by atoms with Crippen LogP contribution in [0.5, 0.6) is 0 Å². The SMILES string of the molecule is S=C1CCCCCSC1. The standard InChI is InChI=1S/C7H12S2/c8-7-4-2-1-3-5-9-6-7/h1-6H2. The first-order chi connectivity index (χ1) is 4.39. The maximum Gasteiger partial charge on any atom is 0.0248 e. The van der Waals surface area contributed by atoms with Crippen molar-refractivity contribution >= 4 is 28.8 Å². The summed E-state index contributed by atoms with van der Waals surface area (Å²) in [6.07, 6.45) is 5.31. The molecule has 1 aliphatic heterocycles. The van der Waals surface area contributed by atoms with Gasteiger partial charge in [0.05, 0.1) is 0 Å². The summed E-state index contributed by atoms with van der Waals surface area (Å²) < 4.78 is 0. The molecule has 0 aliphatic carbocycles. The molecule has 1 fully saturated rings. The molecule has 0 aromatic heterocycles. The Kier molecular flexibility index (Phi) is 3.59. The quantitative estimate of drug-likeness (QED) is 0.500. The largest absolute Gasteiger partial charge is 0.157 e. The third-order valence-corrected chi connectivity index (χ3v) is 3.17. The molecule has 0 aromatic carbocycles. The molecule has 1 rings (SSSR count). The van der Waals surface area contributed by atoms with Crippen LogP contribution < -0.4 is 0 Å². The van der Waals surface area contributed by atoms with E-state index in [4.69, 9.17) is 12.2 Å². The molecular formula is C7H12S2. The van der Waals surface area contributed by atoms with Crippen LogP contribution in [-0.2, 0) is 0 Å². The number of hydrogen-bond acceptors (Lipinski definition) is 2. The molecule has 1 heterocycles. The Balaban J connectivity index is 2.20. The van der Waals surface area contributed by atoms with Crippen LogP contribution in [0.4, 0.5) is 0 Å². The molecule has 1 aliphatic rings. The summed E-state index contributed by atoms with van der Waals surface area (Å²) in [5.41, 5.74) is 0. The molecule has 0 nitrogen and oxygen atoms in total. The van der Waals surface area contributed by atoms with Crippen molar-refractivity contribution in [3.63, 3.8) is 0 Å². The van der Waals surface area contributed by atoms with Crippen molar-refractivity contribution in [1.82, 2.24) is 0 Å². The predicted molar refractivity (Wildman–Crippen MR) is 48.4 cm³/mol. The first-order valence-electron chi connectivity index (χ1n) is 3.49. The van der Waals surface area contributed by atoms with E-state index in [0.29, 0.717) is 0 Å². The van der Waals surface area contributed by atoms with E-state index in [1.807, 2.05) is 11.8 Å². The molecule has 52 valence electrons. The van der Waals surface area contributed by atoms with Crippen LogP contribution in [0.15, 0.2) is 0 Å². The second kappa shape index (κ2) is 4.29. The average molecular weight is 160 g/mol. The van der Waals surface area contributed by atoms with Crippen LogP contribution in [-0.4, -0.2) is 16.4 Å². The monoisotopic (exact) mass is 160 g/mol. The van der Waals surface area contributed by atoms with Gasteiger partial charge in [0.15, 0.2) is 0 Å². The summed E-state index contributed by atoms with van der Waals surface area (Å²) in [4.78, 5) is 1.28. The molecule has 0 radical (unpaired) electrons. The summed E-state index contributed by atoms with van der Waals surface area (Å²) in [5, 5.41) is 0. The van der Waals surface area contributed by atoms with Crippen LogP contribution in [0.2, 0.25) is 0 Å². The highest BCUT2D eigenvalue weighted by Gasteiger charge is 2.01. The number of thiocarbonyl (C=S) groups is 1. The summed E-state index contributed by atoms with van der Waals surface area (Å²) in [6.45, 7) is 0. The highest BCUT2D eigenvalue weighted by atomic mass is 32.2. The van der Waals surface area contributed by atoms with Gasteiger partial charge in [-0.15, -0.1) is 0 Å². The number of thioether (sulfide) groups is 1. The van der Waals surface area contributed by atoms with E-state index in [-0.39, 0.29) is 0 Å². The van der Waals surface area contributed by atoms with Gasteiger partial charge in [-0.25, -0.2) is 0 Å². The molecule has 2 heteroatoms. The van der Waals surface area contributed by atoms with E-state index in [1.54, 1.807) is 0 Å². The predicted octanol–water partition coefficient (Wildman–Crippen LogP) is 2.66. The fraction of sp³-hybridized carbons (Fsp3) is 0.857. The van der Waals surface area contributed by atoms with Crippen molar-refractivity contribution in [2.45, 2.75) is 25.7 Å². The molecule has 0 atom stereocenters. The van der Waals surface area contributed by atoms with Gasteiger partial charge in [-0.05, 0) is 25.0 Å². The molecule has 0 bridgehead atoms. The van der Waals surface area contributed by atoms with Crippen molar-refractivity contribution in [3.8, 4) is 0 Å². The lowest BCUT2D eigenvalue weighted by Crippen LogP contribution is -2.02. The van der Waals surface area contributed by atoms with Gasteiger partial charge in [0.25, 0.3) is 0 Å². The minimum Gasteiger partial charge on any atom is -0.157 e. The van der Waals surface area contributed by atoms with E-state index >= 15 is 0 Å². The fourth-order valence-corrected chi connectivity index (χ4v) is 2.28. The fourth-order valence-electron chi connectivity index (χ4n) is 0.961. The minimum absolute atomic E-state index is 1.13. The zero-order valence-corrected chi connectivity index (χ0v) is 7.19. The smallest absolute Gasteiger partial charge is 0.0248 e. The Morgan fingerprint density at radius 3 is 3.00 bits per heavy atom. The van der Waals surface area contributed by atoms with Gasteiger partial charge in [-0.2, -0.15) is 11.8 Å². The Labute approximate surface area is 66.4 Å². The van der Waals surface area contributed by atoms with Crippen molar-refractivity contribution in [2.75, 3.05) is 11.5 Å². The number of hydrogen-bond donors (Lipinski definition) is 0. The molecule has 1 saturated heterocycles. The van der Waals surface area contributed by atoms with Crippen LogP contribution in [0.1, 0.15) is 25.7 Å². The molecular weight excluding hydrogens is 148 g/mol. The molecule has 0 saturated carbocycles. The maximum atomic E-state index is 5.13. The van der Waals surface area contributed by atoms with E-state index < -0.39 is 0 Å². The zero-order valence-electron chi connectivity index (χ0n) is 5.56. The molecule has 0 aromatic rings. The molecule has 0 N–H and O–H groups in total. The van der Waals surface area contributed by atoms with Gasteiger partial charge in [-0.1, -0.05) is 18.6 Å². The molecule has 0 spiro atoms. The van der Waals surface area contributed by atoms with Gasteiger partial charge >= 0.3 is 0 Å². The van der Waals surface area contributed by atoms with E-state index in [2.05, 4.69) is 0 Å². The Morgan fingerprint density at radius 2 is 2.11 bits per heavy atom. The van der Waals surface area contributed by atoms with Crippen molar-refractivity contribution in [2.24, 2.45) is 0 Å². The molecule has 0 amide bonds. The van der Waals surface area contributed by atoms with E-state index in [0.717, 1.165) is 5.75 Å². The second-order valence-electron chi connectivity index (χ2n) is 2.40. The van der Waals surface area contributed by atoms with E-state index in [1.165, 1.54) is 36.3 Å². The molecule has 9 heavy (non-hydrogen) atoms. The Hall–Kier alpha value is 0.440.